The largest absolute Gasteiger partial charge is 0.390 e. The quantitative estimate of drug-likeness (QED) is 0.662. The highest BCUT2D eigenvalue weighted by molar-refractivity contribution is 6.01. The van der Waals surface area contributed by atoms with Gasteiger partial charge in [0.05, 0.1) is 24.5 Å². The maximum atomic E-state index is 13.2. The van der Waals surface area contributed by atoms with Crippen LogP contribution in [0.5, 0.6) is 0 Å². The Morgan fingerprint density at radius 3 is 2.59 bits per heavy atom. The highest BCUT2D eigenvalue weighted by atomic mass is 19.1. The van der Waals surface area contributed by atoms with E-state index in [0.29, 0.717) is 26.1 Å². The first-order valence-corrected chi connectivity index (χ1v) is 10.0. The minimum Gasteiger partial charge on any atom is -0.390 e. The number of oxime groups is 1. The molecule has 0 spiro atoms. The Morgan fingerprint density at radius 1 is 1.17 bits per heavy atom. The van der Waals surface area contributed by atoms with E-state index < -0.39 is 6.10 Å². The number of benzene rings is 2. The van der Waals surface area contributed by atoms with Crippen molar-refractivity contribution in [3.05, 3.63) is 71.5 Å². The van der Waals surface area contributed by atoms with Crippen LogP contribution in [0.15, 0.2) is 59.8 Å². The highest BCUT2D eigenvalue weighted by Gasteiger charge is 2.25. The number of aliphatic hydroxyl groups excluding tert-OH is 1. The second-order valence-electron chi connectivity index (χ2n) is 7.69. The fraction of sp³-hybridized carbons (Fsp3) is 0.435. The predicted molar refractivity (Wildman–Crippen MR) is 111 cm³/mol. The lowest BCUT2D eigenvalue weighted by molar-refractivity contribution is -0.0194. The average Bonchev–Trinajstić information content (AvgIpc) is 3.17. The molecule has 0 fully saturated rings. The minimum atomic E-state index is -0.617. The Morgan fingerprint density at radius 2 is 1.90 bits per heavy atom. The van der Waals surface area contributed by atoms with Crippen LogP contribution in [0.25, 0.3) is 0 Å². The molecule has 0 radical (unpaired) electrons. The van der Waals surface area contributed by atoms with Crippen molar-refractivity contribution in [1.29, 1.82) is 0 Å². The minimum absolute atomic E-state index is 0.0650. The smallest absolute Gasteiger partial charge is 0.145 e. The van der Waals surface area contributed by atoms with E-state index >= 15 is 0 Å². The molecule has 1 N–H and O–H groups in total. The second-order valence-corrected chi connectivity index (χ2v) is 7.69. The third-order valence-electron chi connectivity index (χ3n) is 4.71. The summed E-state index contributed by atoms with van der Waals surface area (Å²) in [4.78, 5) is 7.77. The van der Waals surface area contributed by atoms with Gasteiger partial charge in [-0.2, -0.15) is 0 Å². The van der Waals surface area contributed by atoms with Crippen molar-refractivity contribution in [2.24, 2.45) is 5.16 Å². The zero-order valence-corrected chi connectivity index (χ0v) is 17.0. The summed E-state index contributed by atoms with van der Waals surface area (Å²) in [6.45, 7) is 5.78. The van der Waals surface area contributed by atoms with E-state index in [1.807, 2.05) is 44.2 Å². The second kappa shape index (κ2) is 10.5. The van der Waals surface area contributed by atoms with Gasteiger partial charge in [0.2, 0.25) is 0 Å². The number of ether oxygens (including phenoxy) is 1. The Labute approximate surface area is 171 Å². The third kappa shape index (κ3) is 6.92. The topological polar surface area (TPSA) is 54.3 Å². The van der Waals surface area contributed by atoms with E-state index in [1.54, 1.807) is 12.1 Å². The van der Waals surface area contributed by atoms with Gasteiger partial charge in [0.15, 0.2) is 0 Å². The SMILES string of the molecule is CC(C)OC[C@@H](O)CN(Cc1ccc(F)cc1)C[C@@H]1CC(c2ccccc2)=NO1. The molecule has 3 rings (SSSR count). The van der Waals surface area contributed by atoms with Gasteiger partial charge in [0.25, 0.3) is 0 Å². The molecule has 29 heavy (non-hydrogen) atoms. The molecule has 0 saturated heterocycles. The van der Waals surface area contributed by atoms with E-state index in [0.717, 1.165) is 16.8 Å². The van der Waals surface area contributed by atoms with Crippen LogP contribution in [0.2, 0.25) is 0 Å². The number of hydrogen-bond donors (Lipinski definition) is 1. The maximum absolute atomic E-state index is 13.2. The monoisotopic (exact) mass is 400 g/mol. The Kier molecular flexibility index (Phi) is 7.75. The standard InChI is InChI=1S/C23H29FN2O3/c1-17(2)28-16-21(27)14-26(13-18-8-10-20(24)11-9-18)15-22-12-23(25-29-22)19-6-4-3-5-7-19/h3-11,17,21-22,27H,12-16H2,1-2H3/t21-,22-/m0/s1. The van der Waals surface area contributed by atoms with Crippen LogP contribution in [0.4, 0.5) is 4.39 Å². The van der Waals surface area contributed by atoms with Crippen molar-refractivity contribution in [2.45, 2.75) is 45.1 Å². The normalized spacial score (nSPS) is 17.4. The van der Waals surface area contributed by atoms with E-state index in [9.17, 15) is 9.50 Å². The molecule has 0 amide bonds. The molecule has 0 aromatic heterocycles. The first-order valence-electron chi connectivity index (χ1n) is 10.0. The first kappa shape index (κ1) is 21.4. The number of nitrogens with zero attached hydrogens (tertiary/aromatic N) is 2. The van der Waals surface area contributed by atoms with Gasteiger partial charge in [0.1, 0.15) is 11.9 Å². The van der Waals surface area contributed by atoms with Crippen molar-refractivity contribution < 1.29 is 19.1 Å². The van der Waals surface area contributed by atoms with Crippen molar-refractivity contribution in [3.63, 3.8) is 0 Å². The van der Waals surface area contributed by atoms with Crippen LogP contribution >= 0.6 is 0 Å². The van der Waals surface area contributed by atoms with E-state index in [-0.39, 0.29) is 24.6 Å². The summed E-state index contributed by atoms with van der Waals surface area (Å²) in [7, 11) is 0. The molecule has 5 nitrogen and oxygen atoms in total. The summed E-state index contributed by atoms with van der Waals surface area (Å²) in [5.74, 6) is -0.259. The predicted octanol–water partition coefficient (Wildman–Crippen LogP) is 3.61. The Hall–Kier alpha value is -2.28. The van der Waals surface area contributed by atoms with Gasteiger partial charge < -0.3 is 14.7 Å². The van der Waals surface area contributed by atoms with Crippen LogP contribution < -0.4 is 0 Å². The number of hydrogen-bond acceptors (Lipinski definition) is 5. The van der Waals surface area contributed by atoms with Crippen LogP contribution in [0.3, 0.4) is 0 Å². The van der Waals surface area contributed by atoms with Crippen LogP contribution in [-0.4, -0.2) is 53.7 Å². The van der Waals surface area contributed by atoms with Gasteiger partial charge in [0, 0.05) is 26.1 Å². The molecule has 2 aromatic carbocycles. The summed E-state index contributed by atoms with van der Waals surface area (Å²) in [5.41, 5.74) is 2.97. The molecular weight excluding hydrogens is 371 g/mol. The molecular formula is C23H29FN2O3. The molecule has 1 aliphatic rings. The van der Waals surface area contributed by atoms with Crippen LogP contribution in [0, 0.1) is 5.82 Å². The van der Waals surface area contributed by atoms with Crippen molar-refractivity contribution in [2.75, 3.05) is 19.7 Å². The Balaban J connectivity index is 1.60. The van der Waals surface area contributed by atoms with Gasteiger partial charge in [-0.05, 0) is 37.1 Å². The van der Waals surface area contributed by atoms with Gasteiger partial charge >= 0.3 is 0 Å². The van der Waals surface area contributed by atoms with Crippen molar-refractivity contribution in [3.8, 4) is 0 Å². The number of halogens is 1. The summed E-state index contributed by atoms with van der Waals surface area (Å²) in [5, 5.41) is 14.6. The van der Waals surface area contributed by atoms with Crippen molar-refractivity contribution in [1.82, 2.24) is 4.90 Å². The molecule has 1 heterocycles. The van der Waals surface area contributed by atoms with E-state index in [4.69, 9.17) is 9.57 Å². The van der Waals surface area contributed by atoms with Crippen LogP contribution in [0.1, 0.15) is 31.4 Å². The molecule has 1 aliphatic heterocycles. The fourth-order valence-corrected chi connectivity index (χ4v) is 3.32. The molecule has 2 atom stereocenters. The van der Waals surface area contributed by atoms with Crippen molar-refractivity contribution >= 4 is 5.71 Å². The zero-order valence-electron chi connectivity index (χ0n) is 17.0. The first-order chi connectivity index (χ1) is 14.0. The average molecular weight is 400 g/mol. The lowest BCUT2D eigenvalue weighted by Gasteiger charge is -2.27. The molecule has 0 saturated carbocycles. The molecule has 2 aromatic rings. The number of rotatable bonds is 10. The lowest BCUT2D eigenvalue weighted by atomic mass is 10.0. The van der Waals surface area contributed by atoms with Gasteiger partial charge in [-0.3, -0.25) is 4.90 Å². The van der Waals surface area contributed by atoms with Gasteiger partial charge in [-0.25, -0.2) is 4.39 Å². The molecule has 0 aliphatic carbocycles. The molecule has 0 bridgehead atoms. The van der Waals surface area contributed by atoms with E-state index in [1.165, 1.54) is 12.1 Å². The molecule has 156 valence electrons. The van der Waals surface area contributed by atoms with Crippen LogP contribution in [-0.2, 0) is 16.1 Å². The molecule has 0 unspecified atom stereocenters. The summed E-state index contributed by atoms with van der Waals surface area (Å²) < 4.78 is 18.8. The summed E-state index contributed by atoms with van der Waals surface area (Å²) >= 11 is 0. The zero-order chi connectivity index (χ0) is 20.6. The maximum Gasteiger partial charge on any atom is 0.145 e. The summed E-state index contributed by atoms with van der Waals surface area (Å²) in [6.07, 6.45) is 0.0653. The highest BCUT2D eigenvalue weighted by Crippen LogP contribution is 2.19. The third-order valence-corrected chi connectivity index (χ3v) is 4.71. The Bertz CT molecular complexity index is 780. The lowest BCUT2D eigenvalue weighted by Crippen LogP contribution is -2.39. The van der Waals surface area contributed by atoms with Gasteiger partial charge in [-0.15, -0.1) is 0 Å². The van der Waals surface area contributed by atoms with E-state index in [2.05, 4.69) is 10.1 Å². The summed E-state index contributed by atoms with van der Waals surface area (Å²) in [6, 6.07) is 16.4. The number of aliphatic hydroxyl groups is 1. The molecule has 6 heteroatoms. The fourth-order valence-electron chi connectivity index (χ4n) is 3.32. The van der Waals surface area contributed by atoms with Gasteiger partial charge in [-0.1, -0.05) is 47.6 Å².